The first kappa shape index (κ1) is 22.1. The van der Waals surface area contributed by atoms with Crippen molar-refractivity contribution in [3.05, 3.63) is 106 Å². The van der Waals surface area contributed by atoms with Crippen molar-refractivity contribution in [3.63, 3.8) is 0 Å². The third-order valence-electron chi connectivity index (χ3n) is 6.44. The third-order valence-corrected chi connectivity index (χ3v) is 6.44. The molecule has 5 rings (SSSR count). The lowest BCUT2D eigenvalue weighted by molar-refractivity contribution is 0.857. The fourth-order valence-electron chi connectivity index (χ4n) is 4.44. The number of aromatic nitrogens is 2. The van der Waals surface area contributed by atoms with E-state index in [1.54, 1.807) is 0 Å². The molecule has 1 aliphatic rings. The van der Waals surface area contributed by atoms with Gasteiger partial charge >= 0.3 is 0 Å². The Morgan fingerprint density at radius 2 is 1.29 bits per heavy atom. The standard InChI is InChI=1S/C31H31N3/c1-21-6-12-25(13-7-21)26-16-10-24(11-17-26)5-4-18-32-31-28-19-23(3)20-29(28)33-30(34-31)27-14-8-22(2)9-15-27/h6-17,19H,4-5,18,20H2,1-3H3,(H,32,33,34). The van der Waals surface area contributed by atoms with Crippen LogP contribution in [0.5, 0.6) is 0 Å². The van der Waals surface area contributed by atoms with Gasteiger partial charge in [-0.3, -0.25) is 0 Å². The lowest BCUT2D eigenvalue weighted by atomic mass is 10.0. The largest absolute Gasteiger partial charge is 0.369 e. The molecule has 0 saturated heterocycles. The molecule has 3 heteroatoms. The molecule has 0 amide bonds. The van der Waals surface area contributed by atoms with Crippen molar-refractivity contribution in [3.8, 4) is 22.5 Å². The van der Waals surface area contributed by atoms with E-state index in [1.807, 2.05) is 0 Å². The molecule has 34 heavy (non-hydrogen) atoms. The molecule has 0 spiro atoms. The molecule has 0 bridgehead atoms. The highest BCUT2D eigenvalue weighted by Gasteiger charge is 2.18. The van der Waals surface area contributed by atoms with Gasteiger partial charge in [-0.1, -0.05) is 95.6 Å². The van der Waals surface area contributed by atoms with Crippen LogP contribution in [0.2, 0.25) is 0 Å². The Hall–Kier alpha value is -3.72. The second-order valence-corrected chi connectivity index (χ2v) is 9.38. The first-order chi connectivity index (χ1) is 16.5. The SMILES string of the molecule is CC1=Cc2c(nc(-c3ccc(C)cc3)nc2NCCCc2ccc(-c3ccc(C)cc3)cc2)C1. The number of hydrogen-bond acceptors (Lipinski definition) is 3. The molecule has 0 saturated carbocycles. The van der Waals surface area contributed by atoms with E-state index in [1.165, 1.54) is 33.4 Å². The third kappa shape index (κ3) is 4.94. The zero-order valence-corrected chi connectivity index (χ0v) is 20.2. The van der Waals surface area contributed by atoms with Crippen LogP contribution in [0.4, 0.5) is 5.82 Å². The molecular formula is C31H31N3. The number of allylic oxidation sites excluding steroid dienone is 1. The van der Waals surface area contributed by atoms with E-state index < -0.39 is 0 Å². The molecule has 170 valence electrons. The van der Waals surface area contributed by atoms with E-state index in [0.29, 0.717) is 0 Å². The van der Waals surface area contributed by atoms with Crippen LogP contribution in [0.15, 0.2) is 78.4 Å². The van der Waals surface area contributed by atoms with Gasteiger partial charge < -0.3 is 5.32 Å². The van der Waals surface area contributed by atoms with Crippen LogP contribution >= 0.6 is 0 Å². The van der Waals surface area contributed by atoms with E-state index in [0.717, 1.165) is 54.3 Å². The van der Waals surface area contributed by atoms with Gasteiger partial charge in [-0.15, -0.1) is 0 Å². The maximum Gasteiger partial charge on any atom is 0.161 e. The van der Waals surface area contributed by atoms with Crippen LogP contribution in [0, 0.1) is 13.8 Å². The van der Waals surface area contributed by atoms with Crippen LogP contribution < -0.4 is 5.32 Å². The molecule has 0 fully saturated rings. The van der Waals surface area contributed by atoms with Gasteiger partial charge in [-0.25, -0.2) is 9.97 Å². The average molecular weight is 446 g/mol. The molecule has 1 heterocycles. The monoisotopic (exact) mass is 445 g/mol. The molecule has 0 aliphatic heterocycles. The number of fused-ring (bicyclic) bond motifs is 1. The zero-order chi connectivity index (χ0) is 23.5. The highest BCUT2D eigenvalue weighted by Crippen LogP contribution is 2.31. The predicted molar refractivity (Wildman–Crippen MR) is 143 cm³/mol. The lowest BCUT2D eigenvalue weighted by Crippen LogP contribution is -2.09. The molecule has 1 aromatic heterocycles. The summed E-state index contributed by atoms with van der Waals surface area (Å²) < 4.78 is 0. The second-order valence-electron chi connectivity index (χ2n) is 9.38. The van der Waals surface area contributed by atoms with Crippen LogP contribution in [0.1, 0.15) is 41.3 Å². The summed E-state index contributed by atoms with van der Waals surface area (Å²) in [6, 6.07) is 26.1. The van der Waals surface area contributed by atoms with Crippen LogP contribution in [0.25, 0.3) is 28.6 Å². The van der Waals surface area contributed by atoms with E-state index in [9.17, 15) is 0 Å². The summed E-state index contributed by atoms with van der Waals surface area (Å²) in [5.41, 5.74) is 11.1. The summed E-state index contributed by atoms with van der Waals surface area (Å²) in [6.07, 6.45) is 5.21. The summed E-state index contributed by atoms with van der Waals surface area (Å²) in [5, 5.41) is 3.60. The molecule has 0 atom stereocenters. The minimum atomic E-state index is 0.802. The van der Waals surface area contributed by atoms with Gasteiger partial charge in [0.2, 0.25) is 0 Å². The van der Waals surface area contributed by atoms with Crippen molar-refractivity contribution in [2.45, 2.75) is 40.0 Å². The first-order valence-electron chi connectivity index (χ1n) is 12.1. The molecule has 1 aliphatic carbocycles. The van der Waals surface area contributed by atoms with Gasteiger partial charge in [-0.05, 0) is 50.3 Å². The quantitative estimate of drug-likeness (QED) is 0.301. The fraction of sp³-hybridized carbons (Fsp3) is 0.226. The summed E-state index contributed by atoms with van der Waals surface area (Å²) >= 11 is 0. The molecule has 0 unspecified atom stereocenters. The Kier molecular flexibility index (Phi) is 6.27. The Bertz CT molecular complexity index is 1320. The van der Waals surface area contributed by atoms with Crippen LogP contribution in [0.3, 0.4) is 0 Å². The van der Waals surface area contributed by atoms with Crippen molar-refractivity contribution in [2.75, 3.05) is 11.9 Å². The number of aryl methyl sites for hydroxylation is 3. The van der Waals surface area contributed by atoms with E-state index >= 15 is 0 Å². The highest BCUT2D eigenvalue weighted by atomic mass is 15.0. The summed E-state index contributed by atoms with van der Waals surface area (Å²) in [6.45, 7) is 7.27. The van der Waals surface area contributed by atoms with Gasteiger partial charge in [0, 0.05) is 24.1 Å². The van der Waals surface area contributed by atoms with Crippen molar-refractivity contribution in [1.82, 2.24) is 9.97 Å². The first-order valence-corrected chi connectivity index (χ1v) is 12.1. The normalized spacial score (nSPS) is 12.4. The Morgan fingerprint density at radius 3 is 1.94 bits per heavy atom. The van der Waals surface area contributed by atoms with E-state index in [4.69, 9.17) is 9.97 Å². The lowest BCUT2D eigenvalue weighted by Gasteiger charge is -2.12. The Balaban J connectivity index is 1.24. The van der Waals surface area contributed by atoms with Crippen LogP contribution in [-0.2, 0) is 12.8 Å². The fourth-order valence-corrected chi connectivity index (χ4v) is 4.44. The molecule has 1 N–H and O–H groups in total. The molecule has 3 nitrogen and oxygen atoms in total. The van der Waals surface area contributed by atoms with Gasteiger partial charge in [0.25, 0.3) is 0 Å². The van der Waals surface area contributed by atoms with Crippen molar-refractivity contribution in [2.24, 2.45) is 0 Å². The Labute approximate surface area is 202 Å². The van der Waals surface area contributed by atoms with E-state index in [2.05, 4.69) is 105 Å². The number of rotatable bonds is 7. The zero-order valence-electron chi connectivity index (χ0n) is 20.2. The second kappa shape index (κ2) is 9.64. The number of benzene rings is 3. The topological polar surface area (TPSA) is 37.8 Å². The molecule has 3 aromatic carbocycles. The van der Waals surface area contributed by atoms with E-state index in [-0.39, 0.29) is 0 Å². The predicted octanol–water partition coefficient (Wildman–Crippen LogP) is 7.43. The van der Waals surface area contributed by atoms with Crippen molar-refractivity contribution in [1.29, 1.82) is 0 Å². The smallest absolute Gasteiger partial charge is 0.161 e. The summed E-state index contributed by atoms with van der Waals surface area (Å²) in [5.74, 6) is 1.75. The Morgan fingerprint density at radius 1 is 0.706 bits per heavy atom. The van der Waals surface area contributed by atoms with Gasteiger partial charge in [0.1, 0.15) is 5.82 Å². The number of anilines is 1. The number of hydrogen-bond donors (Lipinski definition) is 1. The summed E-state index contributed by atoms with van der Waals surface area (Å²) in [4.78, 5) is 9.78. The number of nitrogens with one attached hydrogen (secondary N) is 1. The van der Waals surface area contributed by atoms with Gasteiger partial charge in [0.15, 0.2) is 5.82 Å². The minimum Gasteiger partial charge on any atom is -0.369 e. The maximum atomic E-state index is 4.91. The average Bonchev–Trinajstić information content (AvgIpc) is 3.23. The van der Waals surface area contributed by atoms with Crippen LogP contribution in [-0.4, -0.2) is 16.5 Å². The number of nitrogens with zero attached hydrogens (tertiary/aromatic N) is 2. The minimum absolute atomic E-state index is 0.802. The highest BCUT2D eigenvalue weighted by molar-refractivity contribution is 5.73. The molecule has 4 aromatic rings. The summed E-state index contributed by atoms with van der Waals surface area (Å²) in [7, 11) is 0. The van der Waals surface area contributed by atoms with Gasteiger partial charge in [0.05, 0.1) is 5.69 Å². The molecule has 0 radical (unpaired) electrons. The van der Waals surface area contributed by atoms with Crippen molar-refractivity contribution < 1.29 is 0 Å². The maximum absolute atomic E-state index is 4.91. The van der Waals surface area contributed by atoms with Gasteiger partial charge in [-0.2, -0.15) is 0 Å². The van der Waals surface area contributed by atoms with Crippen molar-refractivity contribution >= 4 is 11.9 Å². The molecular weight excluding hydrogens is 414 g/mol.